The van der Waals surface area contributed by atoms with Crippen LogP contribution in [0.1, 0.15) is 6.42 Å². The Morgan fingerprint density at radius 3 is 2.30 bits per heavy atom. The number of rotatable bonds is 6. The molecule has 3 aromatic rings. The van der Waals surface area contributed by atoms with Gasteiger partial charge in [0.15, 0.2) is 0 Å². The minimum atomic E-state index is 0.105. The number of ether oxygens (including phenoxy) is 1. The fraction of sp³-hybridized carbons (Fsp3) is 0.188. The molecule has 0 aliphatic heterocycles. The number of tetrazole rings is 1. The van der Waals surface area contributed by atoms with E-state index >= 15 is 0 Å². The lowest BCUT2D eigenvalue weighted by Gasteiger charge is -2.05. The van der Waals surface area contributed by atoms with Crippen molar-refractivity contribution in [3.05, 3.63) is 53.6 Å². The van der Waals surface area contributed by atoms with E-state index in [1.807, 2.05) is 36.4 Å². The third-order valence-corrected chi connectivity index (χ3v) is 3.38. The monoisotopic (exact) mass is 330 g/mol. The molecule has 0 saturated carbocycles. The van der Waals surface area contributed by atoms with Gasteiger partial charge >= 0.3 is 0 Å². The molecule has 118 valence electrons. The summed E-state index contributed by atoms with van der Waals surface area (Å²) < 4.78 is 5.73. The fourth-order valence-electron chi connectivity index (χ4n) is 1.98. The number of aliphatic hydroxyl groups is 1. The average molecular weight is 331 g/mol. The highest BCUT2D eigenvalue weighted by Crippen LogP contribution is 2.25. The molecule has 3 rings (SSSR count). The van der Waals surface area contributed by atoms with Gasteiger partial charge in [0, 0.05) is 17.2 Å². The van der Waals surface area contributed by atoms with Crippen LogP contribution in [0.3, 0.4) is 0 Å². The van der Waals surface area contributed by atoms with E-state index in [0.29, 0.717) is 29.6 Å². The standard InChI is InChI=1S/C16H15ClN4O2/c17-13-4-8-15(9-5-13)23-14-6-2-12(3-7-14)16-18-20-21(19-16)10-1-11-22/h2-9,22H,1,10-11H2. The second-order valence-electron chi connectivity index (χ2n) is 4.87. The average Bonchev–Trinajstić information content (AvgIpc) is 3.05. The first-order valence-electron chi connectivity index (χ1n) is 7.17. The fourth-order valence-corrected chi connectivity index (χ4v) is 2.10. The lowest BCUT2D eigenvalue weighted by atomic mass is 10.2. The molecule has 0 aliphatic rings. The minimum Gasteiger partial charge on any atom is -0.457 e. The number of aliphatic hydroxyl groups excluding tert-OH is 1. The van der Waals surface area contributed by atoms with E-state index in [1.54, 1.807) is 12.1 Å². The zero-order valence-electron chi connectivity index (χ0n) is 12.3. The van der Waals surface area contributed by atoms with E-state index in [2.05, 4.69) is 15.4 Å². The first-order valence-corrected chi connectivity index (χ1v) is 7.55. The van der Waals surface area contributed by atoms with Gasteiger partial charge in [-0.1, -0.05) is 11.6 Å². The molecule has 6 nitrogen and oxygen atoms in total. The summed E-state index contributed by atoms with van der Waals surface area (Å²) >= 11 is 5.85. The molecule has 1 aromatic heterocycles. The number of nitrogens with zero attached hydrogens (tertiary/aromatic N) is 4. The summed E-state index contributed by atoms with van der Waals surface area (Å²) in [6, 6.07) is 14.6. The maximum absolute atomic E-state index is 8.81. The Balaban J connectivity index is 1.69. The minimum absolute atomic E-state index is 0.105. The van der Waals surface area contributed by atoms with Crippen molar-refractivity contribution < 1.29 is 9.84 Å². The zero-order chi connectivity index (χ0) is 16.1. The molecule has 0 aliphatic carbocycles. The second-order valence-corrected chi connectivity index (χ2v) is 5.30. The van der Waals surface area contributed by atoms with E-state index < -0.39 is 0 Å². The number of aryl methyl sites for hydroxylation is 1. The van der Waals surface area contributed by atoms with Crippen LogP contribution in [0.4, 0.5) is 0 Å². The summed E-state index contributed by atoms with van der Waals surface area (Å²) in [4.78, 5) is 1.48. The van der Waals surface area contributed by atoms with Crippen molar-refractivity contribution in [1.29, 1.82) is 0 Å². The van der Waals surface area contributed by atoms with Crippen molar-refractivity contribution in [3.8, 4) is 22.9 Å². The van der Waals surface area contributed by atoms with Crippen molar-refractivity contribution in [2.24, 2.45) is 0 Å². The van der Waals surface area contributed by atoms with Crippen LogP contribution in [0.2, 0.25) is 5.02 Å². The summed E-state index contributed by atoms with van der Waals surface area (Å²) in [6.45, 7) is 0.648. The Morgan fingerprint density at radius 2 is 1.65 bits per heavy atom. The largest absolute Gasteiger partial charge is 0.457 e. The van der Waals surface area contributed by atoms with Gasteiger partial charge in [-0.15, -0.1) is 10.2 Å². The van der Waals surface area contributed by atoms with E-state index in [9.17, 15) is 0 Å². The number of hydrogen-bond acceptors (Lipinski definition) is 5. The smallest absolute Gasteiger partial charge is 0.204 e. The molecule has 1 N–H and O–H groups in total. The van der Waals surface area contributed by atoms with Crippen LogP contribution in [0.15, 0.2) is 48.5 Å². The molecule has 0 radical (unpaired) electrons. The lowest BCUT2D eigenvalue weighted by molar-refractivity contribution is 0.272. The Kier molecular flexibility index (Phi) is 4.85. The van der Waals surface area contributed by atoms with Crippen molar-refractivity contribution >= 4 is 11.6 Å². The SMILES string of the molecule is OCCCn1nnc(-c2ccc(Oc3ccc(Cl)cc3)cc2)n1. The predicted molar refractivity (Wildman–Crippen MR) is 86.5 cm³/mol. The number of aromatic nitrogens is 4. The van der Waals surface area contributed by atoms with Gasteiger partial charge in [0.05, 0.1) is 6.54 Å². The predicted octanol–water partition coefficient (Wildman–Crippen LogP) is 3.17. The third kappa shape index (κ3) is 4.06. The topological polar surface area (TPSA) is 73.1 Å². The van der Waals surface area contributed by atoms with Gasteiger partial charge in [0.2, 0.25) is 5.82 Å². The molecule has 0 saturated heterocycles. The Hall–Kier alpha value is -2.44. The van der Waals surface area contributed by atoms with Crippen LogP contribution < -0.4 is 4.74 Å². The summed E-state index contributed by atoms with van der Waals surface area (Å²) in [5.41, 5.74) is 0.851. The summed E-state index contributed by atoms with van der Waals surface area (Å²) in [7, 11) is 0. The van der Waals surface area contributed by atoms with Crippen LogP contribution >= 0.6 is 11.6 Å². The van der Waals surface area contributed by atoms with Gasteiger partial charge in [0.1, 0.15) is 11.5 Å². The van der Waals surface area contributed by atoms with Crippen LogP contribution in [-0.2, 0) is 6.54 Å². The van der Waals surface area contributed by atoms with Gasteiger partial charge in [-0.25, -0.2) is 0 Å². The van der Waals surface area contributed by atoms with Gasteiger partial charge in [-0.3, -0.25) is 0 Å². The quantitative estimate of drug-likeness (QED) is 0.751. The zero-order valence-corrected chi connectivity index (χ0v) is 13.0. The van der Waals surface area contributed by atoms with Gasteiger partial charge in [-0.05, 0) is 60.2 Å². The van der Waals surface area contributed by atoms with Crippen LogP contribution in [0.25, 0.3) is 11.4 Å². The van der Waals surface area contributed by atoms with E-state index in [4.69, 9.17) is 21.4 Å². The van der Waals surface area contributed by atoms with Crippen molar-refractivity contribution in [2.45, 2.75) is 13.0 Å². The van der Waals surface area contributed by atoms with E-state index in [1.165, 1.54) is 4.80 Å². The maximum Gasteiger partial charge on any atom is 0.204 e. The second kappa shape index (κ2) is 7.21. The summed E-state index contributed by atoms with van der Waals surface area (Å²) in [6.07, 6.45) is 0.601. The van der Waals surface area contributed by atoms with Crippen LogP contribution in [0, 0.1) is 0 Å². The van der Waals surface area contributed by atoms with E-state index in [0.717, 1.165) is 11.3 Å². The van der Waals surface area contributed by atoms with Gasteiger partial charge in [-0.2, -0.15) is 4.80 Å². The molecule has 0 bridgehead atoms. The normalized spacial score (nSPS) is 10.7. The Morgan fingerprint density at radius 1 is 1.00 bits per heavy atom. The number of hydrogen-bond donors (Lipinski definition) is 1. The molecule has 0 atom stereocenters. The number of benzene rings is 2. The molecule has 23 heavy (non-hydrogen) atoms. The van der Waals surface area contributed by atoms with E-state index in [-0.39, 0.29) is 6.61 Å². The highest BCUT2D eigenvalue weighted by Gasteiger charge is 2.06. The lowest BCUT2D eigenvalue weighted by Crippen LogP contribution is -2.04. The maximum atomic E-state index is 8.81. The summed E-state index contributed by atoms with van der Waals surface area (Å²) in [5.74, 6) is 1.97. The van der Waals surface area contributed by atoms with Crippen molar-refractivity contribution in [2.75, 3.05) is 6.61 Å². The number of halogens is 1. The molecule has 0 fully saturated rings. The molecule has 1 heterocycles. The van der Waals surface area contributed by atoms with Gasteiger partial charge < -0.3 is 9.84 Å². The molecule has 0 spiro atoms. The van der Waals surface area contributed by atoms with Crippen LogP contribution in [-0.4, -0.2) is 31.9 Å². The highest BCUT2D eigenvalue weighted by molar-refractivity contribution is 6.30. The summed E-state index contributed by atoms with van der Waals surface area (Å²) in [5, 5.41) is 21.7. The molecule has 2 aromatic carbocycles. The Labute approximate surface area is 138 Å². The molecular weight excluding hydrogens is 316 g/mol. The highest BCUT2D eigenvalue weighted by atomic mass is 35.5. The van der Waals surface area contributed by atoms with Gasteiger partial charge in [0.25, 0.3) is 0 Å². The molecule has 0 amide bonds. The first-order chi connectivity index (χ1) is 11.2. The van der Waals surface area contributed by atoms with Crippen LogP contribution in [0.5, 0.6) is 11.5 Å². The Bertz CT molecular complexity index is 757. The first kappa shape index (κ1) is 15.5. The molecular formula is C16H15ClN4O2. The third-order valence-electron chi connectivity index (χ3n) is 3.13. The van der Waals surface area contributed by atoms with Crippen molar-refractivity contribution in [3.63, 3.8) is 0 Å². The molecule has 0 unspecified atom stereocenters. The van der Waals surface area contributed by atoms with Crippen molar-refractivity contribution in [1.82, 2.24) is 20.2 Å². The molecule has 7 heteroatoms.